The van der Waals surface area contributed by atoms with Crippen LogP contribution in [0.3, 0.4) is 0 Å². The van der Waals surface area contributed by atoms with E-state index in [2.05, 4.69) is 33.7 Å². The van der Waals surface area contributed by atoms with Gasteiger partial charge >= 0.3 is 0 Å². The van der Waals surface area contributed by atoms with Crippen molar-refractivity contribution in [1.29, 1.82) is 0 Å². The van der Waals surface area contributed by atoms with E-state index in [1.165, 1.54) is 11.1 Å². The average Bonchev–Trinajstić information content (AvgIpc) is 2.40. The summed E-state index contributed by atoms with van der Waals surface area (Å²) in [6, 6.07) is 20.6. The Balaban J connectivity index is 1.98. The van der Waals surface area contributed by atoms with E-state index < -0.39 is 0 Å². The van der Waals surface area contributed by atoms with Crippen LogP contribution in [0.1, 0.15) is 11.1 Å². The highest BCUT2D eigenvalue weighted by Crippen LogP contribution is 2.12. The molecule has 0 saturated heterocycles. The lowest BCUT2D eigenvalue weighted by Gasteiger charge is -2.19. The van der Waals surface area contributed by atoms with Crippen LogP contribution in [0.5, 0.6) is 0 Å². The van der Waals surface area contributed by atoms with Gasteiger partial charge in [0.1, 0.15) is 0 Å². The van der Waals surface area contributed by atoms with E-state index in [9.17, 15) is 0 Å². The zero-order valence-electron chi connectivity index (χ0n) is 9.62. The highest BCUT2D eigenvalue weighted by Gasteiger charge is 2.05. The maximum Gasteiger partial charge on any atom is 0.0497 e. The van der Waals surface area contributed by atoms with Crippen molar-refractivity contribution in [3.63, 3.8) is 0 Å². The molecular weight excluding hydrogens is 229 g/mol. The Labute approximate surface area is 104 Å². The predicted molar refractivity (Wildman–Crippen MR) is 72.9 cm³/mol. The molecule has 0 N–H and O–H groups in total. The molecule has 88 valence electrons. The molecule has 0 fully saturated rings. The minimum absolute atomic E-state index is 0.777. The fourth-order valence-corrected chi connectivity index (χ4v) is 1.85. The Morgan fingerprint density at radius 1 is 0.765 bits per heavy atom. The minimum Gasteiger partial charge on any atom is -0.283 e. The SMILES string of the molecule is PON(Cc1ccccc1)Cc1ccccc1. The van der Waals surface area contributed by atoms with Crippen LogP contribution in [0, 0.1) is 0 Å². The molecular formula is C14H16NOP. The number of rotatable bonds is 5. The van der Waals surface area contributed by atoms with Gasteiger partial charge in [-0.15, -0.1) is 0 Å². The molecule has 0 bridgehead atoms. The Morgan fingerprint density at radius 3 is 1.53 bits per heavy atom. The molecule has 0 heterocycles. The van der Waals surface area contributed by atoms with Crippen LogP contribution in [0.4, 0.5) is 0 Å². The Bertz CT molecular complexity index is 391. The lowest BCUT2D eigenvalue weighted by atomic mass is 10.2. The van der Waals surface area contributed by atoms with Crippen molar-refractivity contribution < 1.29 is 4.62 Å². The van der Waals surface area contributed by atoms with E-state index in [0.717, 1.165) is 13.1 Å². The van der Waals surface area contributed by atoms with Crippen LogP contribution < -0.4 is 0 Å². The summed E-state index contributed by atoms with van der Waals surface area (Å²) in [6.07, 6.45) is 0. The van der Waals surface area contributed by atoms with Gasteiger partial charge in [-0.2, -0.15) is 5.06 Å². The first-order valence-electron chi connectivity index (χ1n) is 5.58. The molecule has 0 aliphatic rings. The van der Waals surface area contributed by atoms with Crippen molar-refractivity contribution in [3.05, 3.63) is 71.8 Å². The molecule has 0 radical (unpaired) electrons. The highest BCUT2D eigenvalue weighted by molar-refractivity contribution is 7.09. The summed E-state index contributed by atoms with van der Waals surface area (Å²) in [4.78, 5) is 0. The number of nitrogens with zero attached hydrogens (tertiary/aromatic N) is 1. The topological polar surface area (TPSA) is 12.5 Å². The smallest absolute Gasteiger partial charge is 0.0497 e. The lowest BCUT2D eigenvalue weighted by Crippen LogP contribution is -2.19. The zero-order valence-corrected chi connectivity index (χ0v) is 10.8. The fraction of sp³-hybridized carbons (Fsp3) is 0.143. The highest BCUT2D eigenvalue weighted by atomic mass is 31.0. The molecule has 17 heavy (non-hydrogen) atoms. The van der Waals surface area contributed by atoms with Crippen LogP contribution in [0.25, 0.3) is 0 Å². The summed E-state index contributed by atoms with van der Waals surface area (Å²) >= 11 is 0. The van der Waals surface area contributed by atoms with Gasteiger partial charge in [-0.1, -0.05) is 60.7 Å². The monoisotopic (exact) mass is 245 g/mol. The van der Waals surface area contributed by atoms with Crippen LogP contribution in [-0.4, -0.2) is 5.06 Å². The average molecular weight is 245 g/mol. The number of hydrogen-bond donors (Lipinski definition) is 0. The van der Waals surface area contributed by atoms with Gasteiger partial charge in [-0.25, -0.2) is 0 Å². The molecule has 0 amide bonds. The van der Waals surface area contributed by atoms with Crippen LogP contribution in [0.15, 0.2) is 60.7 Å². The minimum atomic E-state index is 0.777. The first kappa shape index (κ1) is 12.3. The number of hydrogen-bond acceptors (Lipinski definition) is 2. The molecule has 3 heteroatoms. The van der Waals surface area contributed by atoms with E-state index in [-0.39, 0.29) is 0 Å². The molecule has 0 aromatic heterocycles. The first-order chi connectivity index (χ1) is 8.38. The predicted octanol–water partition coefficient (Wildman–Crippen LogP) is 3.41. The normalized spacial score (nSPS) is 10.7. The van der Waals surface area contributed by atoms with Gasteiger partial charge in [0.05, 0.1) is 0 Å². The third-order valence-corrected chi connectivity index (χ3v) is 2.85. The summed E-state index contributed by atoms with van der Waals surface area (Å²) in [5.74, 6) is 0. The summed E-state index contributed by atoms with van der Waals surface area (Å²) < 4.78 is 5.31. The molecule has 1 unspecified atom stereocenters. The Kier molecular flexibility index (Phi) is 4.69. The van der Waals surface area contributed by atoms with E-state index in [0.29, 0.717) is 0 Å². The summed E-state index contributed by atoms with van der Waals surface area (Å²) in [5.41, 5.74) is 2.48. The first-order valence-corrected chi connectivity index (χ1v) is 6.05. The molecule has 2 rings (SSSR count). The zero-order chi connectivity index (χ0) is 11.9. The van der Waals surface area contributed by atoms with Gasteiger partial charge in [0.15, 0.2) is 0 Å². The summed E-state index contributed by atoms with van der Waals surface area (Å²) in [5, 5.41) is 1.91. The summed E-state index contributed by atoms with van der Waals surface area (Å²) in [6.45, 7) is 1.55. The molecule has 2 aromatic carbocycles. The van der Waals surface area contributed by atoms with Gasteiger partial charge in [-0.05, 0) is 11.1 Å². The maximum atomic E-state index is 5.31. The number of hydroxylamine groups is 2. The molecule has 0 aliphatic heterocycles. The van der Waals surface area contributed by atoms with Gasteiger partial charge in [-0.3, -0.25) is 4.62 Å². The van der Waals surface area contributed by atoms with Crippen molar-refractivity contribution in [2.75, 3.05) is 0 Å². The van der Waals surface area contributed by atoms with Crippen molar-refractivity contribution in [2.24, 2.45) is 0 Å². The molecule has 0 aliphatic carbocycles. The third-order valence-electron chi connectivity index (χ3n) is 2.55. The van der Waals surface area contributed by atoms with Gasteiger partial charge in [0, 0.05) is 22.6 Å². The fourth-order valence-electron chi connectivity index (χ4n) is 1.70. The molecule has 0 spiro atoms. The molecule has 2 nitrogen and oxygen atoms in total. The van der Waals surface area contributed by atoms with E-state index in [1.807, 2.05) is 41.5 Å². The Hall–Kier alpha value is -1.21. The van der Waals surface area contributed by atoms with Gasteiger partial charge in [0.25, 0.3) is 0 Å². The van der Waals surface area contributed by atoms with Crippen molar-refractivity contribution >= 4 is 9.47 Å². The Morgan fingerprint density at radius 2 is 1.18 bits per heavy atom. The third kappa shape index (κ3) is 3.94. The second kappa shape index (κ2) is 6.51. The second-order valence-corrected chi connectivity index (χ2v) is 4.09. The molecule has 0 saturated carbocycles. The van der Waals surface area contributed by atoms with Gasteiger partial charge in [0.2, 0.25) is 0 Å². The standard InChI is InChI=1S/C14H16NOP/c17-16-15(11-13-7-3-1-4-8-13)12-14-9-5-2-6-10-14/h1-10H,11-12,17H2. The summed E-state index contributed by atoms with van der Waals surface area (Å²) in [7, 11) is 2.31. The molecule has 2 aromatic rings. The van der Waals surface area contributed by atoms with Crippen LogP contribution in [0.2, 0.25) is 0 Å². The lowest BCUT2D eigenvalue weighted by molar-refractivity contribution is -0.0574. The van der Waals surface area contributed by atoms with Crippen LogP contribution in [-0.2, 0) is 17.7 Å². The van der Waals surface area contributed by atoms with E-state index in [4.69, 9.17) is 4.62 Å². The van der Waals surface area contributed by atoms with Crippen molar-refractivity contribution in [1.82, 2.24) is 5.06 Å². The van der Waals surface area contributed by atoms with E-state index in [1.54, 1.807) is 0 Å². The second-order valence-electron chi connectivity index (χ2n) is 3.87. The quantitative estimate of drug-likeness (QED) is 0.591. The number of benzene rings is 2. The van der Waals surface area contributed by atoms with Crippen LogP contribution >= 0.6 is 9.47 Å². The van der Waals surface area contributed by atoms with Crippen molar-refractivity contribution in [3.8, 4) is 0 Å². The van der Waals surface area contributed by atoms with E-state index >= 15 is 0 Å². The largest absolute Gasteiger partial charge is 0.283 e. The molecule has 1 atom stereocenters. The maximum absolute atomic E-state index is 5.31. The van der Waals surface area contributed by atoms with Crippen molar-refractivity contribution in [2.45, 2.75) is 13.1 Å². The van der Waals surface area contributed by atoms with Gasteiger partial charge < -0.3 is 0 Å².